The average molecular weight is 316 g/mol. The summed E-state index contributed by atoms with van der Waals surface area (Å²) in [4.78, 5) is 25.4. The number of carbonyl (C=O) groups excluding carboxylic acids is 2. The second kappa shape index (κ2) is 4.36. The number of ketones is 2. The molecule has 2 bridgehead atoms. The van der Waals surface area contributed by atoms with E-state index < -0.39 is 11.5 Å². The maximum atomic E-state index is 12.9. The van der Waals surface area contributed by atoms with Crippen molar-refractivity contribution in [2.24, 2.45) is 34.0 Å². The number of aliphatic hydroxyl groups excluding tert-OH is 1. The lowest BCUT2D eigenvalue weighted by atomic mass is 9.36. The van der Waals surface area contributed by atoms with Crippen molar-refractivity contribution in [1.82, 2.24) is 0 Å². The molecule has 3 nitrogen and oxygen atoms in total. The van der Waals surface area contributed by atoms with Gasteiger partial charge in [-0.1, -0.05) is 32.9 Å². The van der Waals surface area contributed by atoms with Gasteiger partial charge in [0.15, 0.2) is 0 Å². The third-order valence-corrected chi connectivity index (χ3v) is 8.24. The quantitative estimate of drug-likeness (QED) is 0.698. The summed E-state index contributed by atoms with van der Waals surface area (Å²) in [6.07, 6.45) is 3.90. The first kappa shape index (κ1) is 15.6. The highest BCUT2D eigenvalue weighted by Gasteiger charge is 2.69. The summed E-state index contributed by atoms with van der Waals surface area (Å²) in [6.45, 7) is 10.6. The molecule has 5 rings (SSSR count). The van der Waals surface area contributed by atoms with Crippen LogP contribution in [0.1, 0.15) is 59.3 Å². The fourth-order valence-electron chi connectivity index (χ4n) is 7.15. The van der Waals surface area contributed by atoms with Crippen LogP contribution in [0.25, 0.3) is 0 Å². The summed E-state index contributed by atoms with van der Waals surface area (Å²) in [5.74, 6) is 0.896. The van der Waals surface area contributed by atoms with E-state index in [0.717, 1.165) is 31.3 Å². The molecule has 0 heterocycles. The largest absolute Gasteiger partial charge is 0.392 e. The normalized spacial score (nSPS) is 51.4. The maximum Gasteiger partial charge on any atom is 0.140 e. The molecule has 1 N–H and O–H groups in total. The fraction of sp³-hybridized carbons (Fsp3) is 0.800. The molecule has 0 aromatic carbocycles. The Morgan fingerprint density at radius 2 is 1.83 bits per heavy atom. The van der Waals surface area contributed by atoms with E-state index in [2.05, 4.69) is 27.4 Å². The SMILES string of the molecule is C=C1C[C@@]23CC[C@@H]4C(C)(C)C(=O)CC[C@@]4(C)C2[C@H](O)[C@@H]1CC3=O. The van der Waals surface area contributed by atoms with Crippen molar-refractivity contribution in [3.63, 3.8) is 0 Å². The minimum atomic E-state index is -0.467. The predicted octanol–water partition coefficient (Wildman–Crippen LogP) is 3.30. The maximum absolute atomic E-state index is 12.9. The Balaban J connectivity index is 1.85. The van der Waals surface area contributed by atoms with Crippen molar-refractivity contribution in [3.8, 4) is 0 Å². The number of Topliss-reactive ketones (excluding diaryl/α,β-unsaturated/α-hetero) is 2. The number of hydrogen-bond acceptors (Lipinski definition) is 3. The van der Waals surface area contributed by atoms with Gasteiger partial charge in [0.1, 0.15) is 11.6 Å². The molecule has 1 unspecified atom stereocenters. The van der Waals surface area contributed by atoms with E-state index in [1.807, 2.05) is 0 Å². The third-order valence-electron chi connectivity index (χ3n) is 8.24. The molecule has 126 valence electrons. The smallest absolute Gasteiger partial charge is 0.140 e. The van der Waals surface area contributed by atoms with E-state index >= 15 is 0 Å². The van der Waals surface area contributed by atoms with Crippen LogP contribution >= 0.6 is 0 Å². The highest BCUT2D eigenvalue weighted by Crippen LogP contribution is 2.70. The minimum Gasteiger partial charge on any atom is -0.392 e. The Labute approximate surface area is 138 Å². The van der Waals surface area contributed by atoms with Crippen molar-refractivity contribution >= 4 is 11.6 Å². The summed E-state index contributed by atoms with van der Waals surface area (Å²) in [5.41, 5.74) is 0.198. The van der Waals surface area contributed by atoms with Gasteiger partial charge in [0.25, 0.3) is 0 Å². The van der Waals surface area contributed by atoms with Crippen LogP contribution in [0.2, 0.25) is 0 Å². The van der Waals surface area contributed by atoms with Gasteiger partial charge in [0, 0.05) is 35.5 Å². The molecule has 0 aromatic heterocycles. The highest BCUT2D eigenvalue weighted by molar-refractivity contribution is 5.90. The molecule has 5 fully saturated rings. The Bertz CT molecular complexity index is 618. The zero-order valence-electron chi connectivity index (χ0n) is 14.5. The van der Waals surface area contributed by atoms with Crippen LogP contribution in [0.5, 0.6) is 0 Å². The van der Waals surface area contributed by atoms with Gasteiger partial charge in [0.05, 0.1) is 6.10 Å². The van der Waals surface area contributed by atoms with Crippen molar-refractivity contribution in [3.05, 3.63) is 12.2 Å². The van der Waals surface area contributed by atoms with Crippen LogP contribution in [0.3, 0.4) is 0 Å². The van der Waals surface area contributed by atoms with Gasteiger partial charge in [-0.3, -0.25) is 9.59 Å². The van der Waals surface area contributed by atoms with Crippen LogP contribution < -0.4 is 0 Å². The summed E-state index contributed by atoms with van der Waals surface area (Å²) < 4.78 is 0. The Hall–Kier alpha value is -0.960. The zero-order chi connectivity index (χ0) is 16.8. The van der Waals surface area contributed by atoms with E-state index in [0.29, 0.717) is 24.4 Å². The lowest BCUT2D eigenvalue weighted by Gasteiger charge is -2.67. The zero-order valence-corrected chi connectivity index (χ0v) is 14.5. The number of fused-ring (bicyclic) bond motifs is 3. The third kappa shape index (κ3) is 1.65. The van der Waals surface area contributed by atoms with E-state index in [1.165, 1.54) is 0 Å². The predicted molar refractivity (Wildman–Crippen MR) is 87.7 cm³/mol. The molecular formula is C20H28O3. The molecule has 1 spiro atoms. The lowest BCUT2D eigenvalue weighted by molar-refractivity contribution is -0.209. The van der Waals surface area contributed by atoms with Gasteiger partial charge in [-0.2, -0.15) is 0 Å². The summed E-state index contributed by atoms with van der Waals surface area (Å²) >= 11 is 0. The molecular weight excluding hydrogens is 288 g/mol. The lowest BCUT2D eigenvalue weighted by Crippen LogP contribution is -2.68. The van der Waals surface area contributed by atoms with E-state index in [1.54, 1.807) is 0 Å². The van der Waals surface area contributed by atoms with E-state index in [9.17, 15) is 14.7 Å². The molecule has 0 saturated heterocycles. The monoisotopic (exact) mass is 316 g/mol. The molecule has 5 aliphatic rings. The van der Waals surface area contributed by atoms with Gasteiger partial charge in [0.2, 0.25) is 0 Å². The van der Waals surface area contributed by atoms with Gasteiger partial charge in [-0.25, -0.2) is 0 Å². The van der Waals surface area contributed by atoms with Crippen molar-refractivity contribution in [2.75, 3.05) is 0 Å². The van der Waals surface area contributed by atoms with Crippen molar-refractivity contribution in [1.29, 1.82) is 0 Å². The minimum absolute atomic E-state index is 0.00197. The van der Waals surface area contributed by atoms with Gasteiger partial charge in [-0.05, 0) is 37.0 Å². The molecule has 23 heavy (non-hydrogen) atoms. The standard InChI is InChI=1S/C20H28O3/c1-11-10-20-8-5-13-18(2,3)14(21)6-7-19(13,4)17(20)16(23)12(11)9-15(20)22/h12-13,16-17,23H,1,5-10H2,2-4H3/t12-,13-,16-,17?,19-,20-/m1/s1. The second-order valence-corrected chi connectivity index (χ2v) is 9.44. The van der Waals surface area contributed by atoms with Crippen LogP contribution in [0, 0.1) is 34.0 Å². The molecule has 3 heteroatoms. The first-order valence-corrected chi connectivity index (χ1v) is 9.07. The fourth-order valence-corrected chi connectivity index (χ4v) is 7.15. The van der Waals surface area contributed by atoms with Crippen LogP contribution in [-0.4, -0.2) is 22.8 Å². The molecule has 0 amide bonds. The van der Waals surface area contributed by atoms with Gasteiger partial charge in [-0.15, -0.1) is 0 Å². The summed E-state index contributed by atoms with van der Waals surface area (Å²) in [6, 6.07) is 0. The molecule has 0 aromatic rings. The van der Waals surface area contributed by atoms with Gasteiger partial charge >= 0.3 is 0 Å². The highest BCUT2D eigenvalue weighted by atomic mass is 16.3. The number of rotatable bonds is 0. The Kier molecular flexibility index (Phi) is 2.95. The average Bonchev–Trinajstić information content (AvgIpc) is 2.45. The second-order valence-electron chi connectivity index (χ2n) is 9.44. The Morgan fingerprint density at radius 1 is 1.13 bits per heavy atom. The first-order chi connectivity index (χ1) is 10.6. The van der Waals surface area contributed by atoms with Crippen molar-refractivity contribution < 1.29 is 14.7 Å². The molecule has 0 radical (unpaired) electrons. The van der Waals surface area contributed by atoms with Crippen LogP contribution in [-0.2, 0) is 9.59 Å². The summed E-state index contributed by atoms with van der Waals surface area (Å²) in [5, 5.41) is 11.1. The number of hydrogen-bond donors (Lipinski definition) is 1. The molecule has 6 atom stereocenters. The number of carbonyl (C=O) groups is 2. The first-order valence-electron chi connectivity index (χ1n) is 9.07. The topological polar surface area (TPSA) is 54.4 Å². The van der Waals surface area contributed by atoms with Crippen LogP contribution in [0.15, 0.2) is 12.2 Å². The molecule has 5 saturated carbocycles. The van der Waals surface area contributed by atoms with Gasteiger partial charge < -0.3 is 5.11 Å². The molecule has 5 aliphatic carbocycles. The number of aliphatic hydroxyl groups is 1. The summed E-state index contributed by atoms with van der Waals surface area (Å²) in [7, 11) is 0. The van der Waals surface area contributed by atoms with Crippen LogP contribution in [0.4, 0.5) is 0 Å². The Morgan fingerprint density at radius 3 is 2.52 bits per heavy atom. The van der Waals surface area contributed by atoms with E-state index in [4.69, 9.17) is 0 Å². The van der Waals surface area contributed by atoms with Crippen molar-refractivity contribution in [2.45, 2.75) is 65.4 Å². The molecule has 0 aliphatic heterocycles. The van der Waals surface area contributed by atoms with E-state index in [-0.39, 0.29) is 28.6 Å².